The van der Waals surface area contributed by atoms with Crippen LogP contribution in [0.15, 0.2) is 36.4 Å². The number of anilines is 1. The molecule has 1 aliphatic rings. The summed E-state index contributed by atoms with van der Waals surface area (Å²) in [5.41, 5.74) is 2.93. The van der Waals surface area contributed by atoms with Gasteiger partial charge in [-0.15, -0.1) is 0 Å². The van der Waals surface area contributed by atoms with E-state index in [9.17, 15) is 18.1 Å². The van der Waals surface area contributed by atoms with E-state index in [1.807, 2.05) is 19.9 Å². The number of hydrogen-bond donors (Lipinski definition) is 0. The molecule has 0 bridgehead atoms. The van der Waals surface area contributed by atoms with Crippen LogP contribution in [-0.2, 0) is 16.6 Å². The molecule has 1 saturated heterocycles. The second-order valence-corrected chi connectivity index (χ2v) is 10.1. The molecule has 1 heterocycles. The van der Waals surface area contributed by atoms with Crippen molar-refractivity contribution in [1.82, 2.24) is 4.31 Å². The van der Waals surface area contributed by atoms with Crippen LogP contribution in [0.3, 0.4) is 0 Å². The number of benzene rings is 2. The average Bonchev–Trinajstić information content (AvgIpc) is 3.19. The summed E-state index contributed by atoms with van der Waals surface area (Å²) in [5.74, 6) is -0.183. The summed E-state index contributed by atoms with van der Waals surface area (Å²) in [6, 6.07) is 11.8. The molecule has 1 atom stereocenters. The zero-order chi connectivity index (χ0) is 21.9. The summed E-state index contributed by atoms with van der Waals surface area (Å²) >= 11 is 6.27. The fourth-order valence-electron chi connectivity index (χ4n) is 3.80. The molecule has 0 amide bonds. The molecular formula is C22H25ClFN3O2S. The Balaban J connectivity index is 1.95. The van der Waals surface area contributed by atoms with Gasteiger partial charge in [0.05, 0.1) is 16.3 Å². The maximum absolute atomic E-state index is 13.9. The van der Waals surface area contributed by atoms with Gasteiger partial charge in [-0.05, 0) is 61.2 Å². The van der Waals surface area contributed by atoms with Crippen molar-refractivity contribution < 1.29 is 12.8 Å². The highest BCUT2D eigenvalue weighted by Gasteiger charge is 2.34. The van der Waals surface area contributed by atoms with Gasteiger partial charge in [0, 0.05) is 31.4 Å². The molecule has 0 unspecified atom stereocenters. The Labute approximate surface area is 182 Å². The fraction of sp³-hybridized carbons (Fsp3) is 0.409. The Kier molecular flexibility index (Phi) is 7.02. The maximum atomic E-state index is 13.9. The van der Waals surface area contributed by atoms with Crippen molar-refractivity contribution in [3.8, 4) is 6.07 Å². The van der Waals surface area contributed by atoms with Crippen molar-refractivity contribution >= 4 is 27.3 Å². The third-order valence-electron chi connectivity index (χ3n) is 5.48. The number of halogens is 2. The molecule has 3 rings (SSSR count). The number of nitriles is 1. The van der Waals surface area contributed by atoms with Gasteiger partial charge in [-0.25, -0.2) is 12.8 Å². The van der Waals surface area contributed by atoms with Gasteiger partial charge >= 0.3 is 0 Å². The van der Waals surface area contributed by atoms with Crippen LogP contribution in [0.5, 0.6) is 0 Å². The second kappa shape index (κ2) is 9.34. The van der Waals surface area contributed by atoms with Crippen LogP contribution in [0.4, 0.5) is 10.1 Å². The molecule has 0 N–H and O–H groups in total. The SMILES string of the molecule is CCCS(=O)(=O)N1CC[C@H](N(Cc2cc(F)ccc2C)c2ccc(C#N)c(Cl)c2)C1. The third-order valence-corrected chi connectivity index (χ3v) is 7.83. The number of sulfonamides is 1. The molecule has 0 radical (unpaired) electrons. The molecule has 5 nitrogen and oxygen atoms in total. The molecule has 0 aliphatic carbocycles. The number of nitrogens with zero attached hydrogens (tertiary/aromatic N) is 3. The average molecular weight is 450 g/mol. The van der Waals surface area contributed by atoms with Crippen molar-refractivity contribution in [2.45, 2.75) is 39.3 Å². The molecule has 30 heavy (non-hydrogen) atoms. The van der Waals surface area contributed by atoms with Gasteiger partial charge in [0.15, 0.2) is 0 Å². The number of hydrogen-bond acceptors (Lipinski definition) is 4. The van der Waals surface area contributed by atoms with E-state index in [2.05, 4.69) is 11.0 Å². The van der Waals surface area contributed by atoms with Gasteiger partial charge in [0.25, 0.3) is 0 Å². The first-order valence-corrected chi connectivity index (χ1v) is 11.9. The van der Waals surface area contributed by atoms with Crippen LogP contribution in [0.2, 0.25) is 5.02 Å². The first-order valence-electron chi connectivity index (χ1n) is 9.94. The van der Waals surface area contributed by atoms with Crippen molar-refractivity contribution in [3.05, 3.63) is 63.9 Å². The Morgan fingerprint density at radius 3 is 2.73 bits per heavy atom. The van der Waals surface area contributed by atoms with E-state index >= 15 is 0 Å². The van der Waals surface area contributed by atoms with Crippen LogP contribution in [0, 0.1) is 24.1 Å². The van der Waals surface area contributed by atoms with E-state index in [0.29, 0.717) is 43.1 Å². The maximum Gasteiger partial charge on any atom is 0.214 e. The van der Waals surface area contributed by atoms with Crippen LogP contribution in [0.25, 0.3) is 0 Å². The van der Waals surface area contributed by atoms with Gasteiger partial charge in [-0.2, -0.15) is 9.57 Å². The zero-order valence-corrected chi connectivity index (χ0v) is 18.7. The van der Waals surface area contributed by atoms with E-state index in [4.69, 9.17) is 11.6 Å². The molecule has 0 aromatic heterocycles. The van der Waals surface area contributed by atoms with E-state index in [0.717, 1.165) is 16.8 Å². The minimum atomic E-state index is -3.29. The quantitative estimate of drug-likeness (QED) is 0.625. The Morgan fingerprint density at radius 2 is 2.07 bits per heavy atom. The molecule has 2 aromatic rings. The van der Waals surface area contributed by atoms with E-state index in [1.54, 1.807) is 18.2 Å². The summed E-state index contributed by atoms with van der Waals surface area (Å²) in [6.07, 6.45) is 1.23. The molecule has 2 aromatic carbocycles. The number of aryl methyl sites for hydroxylation is 1. The van der Waals surface area contributed by atoms with Gasteiger partial charge in [-0.3, -0.25) is 0 Å². The van der Waals surface area contributed by atoms with Crippen molar-refractivity contribution in [3.63, 3.8) is 0 Å². The zero-order valence-electron chi connectivity index (χ0n) is 17.1. The highest BCUT2D eigenvalue weighted by atomic mass is 35.5. The lowest BCUT2D eigenvalue weighted by Gasteiger charge is -2.32. The van der Waals surface area contributed by atoms with Crippen molar-refractivity contribution in [1.29, 1.82) is 5.26 Å². The third kappa shape index (κ3) is 4.94. The van der Waals surface area contributed by atoms with Crippen LogP contribution < -0.4 is 4.90 Å². The molecule has 1 fully saturated rings. The summed E-state index contributed by atoms with van der Waals surface area (Å²) < 4.78 is 40.5. The smallest absolute Gasteiger partial charge is 0.214 e. The highest BCUT2D eigenvalue weighted by Crippen LogP contribution is 2.30. The molecule has 160 valence electrons. The van der Waals surface area contributed by atoms with Crippen molar-refractivity contribution in [2.75, 3.05) is 23.7 Å². The monoisotopic (exact) mass is 449 g/mol. The number of rotatable bonds is 7. The summed E-state index contributed by atoms with van der Waals surface area (Å²) in [5, 5.41) is 9.51. The topological polar surface area (TPSA) is 64.4 Å². The molecule has 0 saturated carbocycles. The van der Waals surface area contributed by atoms with Crippen LogP contribution in [-0.4, -0.2) is 37.6 Å². The van der Waals surface area contributed by atoms with E-state index in [1.165, 1.54) is 16.4 Å². The predicted molar refractivity (Wildman–Crippen MR) is 118 cm³/mol. The first-order chi connectivity index (χ1) is 14.2. The van der Waals surface area contributed by atoms with Gasteiger partial charge < -0.3 is 4.90 Å². The van der Waals surface area contributed by atoms with Gasteiger partial charge in [-0.1, -0.05) is 24.6 Å². The summed E-state index contributed by atoms with van der Waals surface area (Å²) in [7, 11) is -3.29. The van der Waals surface area contributed by atoms with Gasteiger partial charge in [0.2, 0.25) is 10.0 Å². The van der Waals surface area contributed by atoms with Crippen LogP contribution >= 0.6 is 11.6 Å². The minimum Gasteiger partial charge on any atom is -0.363 e. The normalized spacial score (nSPS) is 17.1. The molecule has 0 spiro atoms. The van der Waals surface area contributed by atoms with Crippen molar-refractivity contribution in [2.24, 2.45) is 0 Å². The van der Waals surface area contributed by atoms with Crippen LogP contribution in [0.1, 0.15) is 36.5 Å². The largest absolute Gasteiger partial charge is 0.363 e. The lowest BCUT2D eigenvalue weighted by atomic mass is 10.1. The predicted octanol–water partition coefficient (Wildman–Crippen LogP) is 4.48. The van der Waals surface area contributed by atoms with E-state index in [-0.39, 0.29) is 17.6 Å². The Hall–Kier alpha value is -2.14. The molecule has 1 aliphatic heterocycles. The minimum absolute atomic E-state index is 0.0803. The Bertz CT molecular complexity index is 1070. The van der Waals surface area contributed by atoms with E-state index < -0.39 is 10.0 Å². The molecular weight excluding hydrogens is 425 g/mol. The first kappa shape index (κ1) is 22.5. The molecule has 8 heteroatoms. The Morgan fingerprint density at radius 1 is 1.30 bits per heavy atom. The lowest BCUT2D eigenvalue weighted by molar-refractivity contribution is 0.467. The lowest BCUT2D eigenvalue weighted by Crippen LogP contribution is -2.39. The highest BCUT2D eigenvalue weighted by molar-refractivity contribution is 7.89. The second-order valence-electron chi connectivity index (χ2n) is 7.59. The van der Waals surface area contributed by atoms with Gasteiger partial charge in [0.1, 0.15) is 11.9 Å². The standard InChI is InChI=1S/C22H25ClFN3O2S/c1-3-10-30(28,29)26-9-8-21(15-26)27(14-18-11-19(24)6-4-16(18)2)20-7-5-17(13-25)22(23)12-20/h4-7,11-12,21H,3,8-10,14-15H2,1-2H3/t21-/m0/s1. The summed E-state index contributed by atoms with van der Waals surface area (Å²) in [4.78, 5) is 2.07. The fourth-order valence-corrected chi connectivity index (χ4v) is 5.58. The summed E-state index contributed by atoms with van der Waals surface area (Å²) in [6.45, 7) is 5.01.